The Morgan fingerprint density at radius 2 is 1.95 bits per heavy atom. The molecule has 0 amide bonds. The van der Waals surface area contributed by atoms with Crippen molar-refractivity contribution in [3.63, 3.8) is 0 Å². The minimum atomic E-state index is 0.555. The van der Waals surface area contributed by atoms with E-state index in [1.165, 1.54) is 32.4 Å². The number of aromatic nitrogens is 2. The molecule has 0 bridgehead atoms. The van der Waals surface area contributed by atoms with Gasteiger partial charge in [0.25, 0.3) is 0 Å². The average Bonchev–Trinajstić information content (AvgIpc) is 2.93. The van der Waals surface area contributed by atoms with Crippen LogP contribution in [0.1, 0.15) is 19.3 Å². The van der Waals surface area contributed by atoms with Gasteiger partial charge < -0.3 is 10.5 Å². The summed E-state index contributed by atoms with van der Waals surface area (Å²) in [5.74, 6) is 0.683. The molecule has 0 spiro atoms. The van der Waals surface area contributed by atoms with Gasteiger partial charge in [-0.2, -0.15) is 0 Å². The Morgan fingerprint density at radius 3 is 2.79 bits per heavy atom. The molecule has 6 nitrogen and oxygen atoms in total. The number of benzene rings is 1. The molecule has 2 aromatic rings. The summed E-state index contributed by atoms with van der Waals surface area (Å²) < 4.78 is 10.5. The number of anilines is 1. The molecule has 19 heavy (non-hydrogen) atoms. The van der Waals surface area contributed by atoms with Crippen molar-refractivity contribution in [2.45, 2.75) is 19.3 Å². The Bertz CT molecular complexity index is 549. The quantitative estimate of drug-likeness (QED) is 0.844. The van der Waals surface area contributed by atoms with Crippen molar-refractivity contribution in [1.29, 1.82) is 0 Å². The summed E-state index contributed by atoms with van der Waals surface area (Å²) in [7, 11) is 0. The number of nitrogens with two attached hydrogens (primary N) is 1. The molecule has 2 heterocycles. The third-order valence-electron chi connectivity index (χ3n) is 3.52. The van der Waals surface area contributed by atoms with Crippen LogP contribution in [0.3, 0.4) is 0 Å². The van der Waals surface area contributed by atoms with Crippen LogP contribution >= 0.6 is 0 Å². The molecular formula is C13H18N4O2. The van der Waals surface area contributed by atoms with Crippen LogP contribution in [0.4, 0.5) is 5.69 Å². The van der Waals surface area contributed by atoms with E-state index in [9.17, 15) is 0 Å². The van der Waals surface area contributed by atoms with E-state index >= 15 is 0 Å². The van der Waals surface area contributed by atoms with Gasteiger partial charge in [-0.15, -0.1) is 0 Å². The van der Waals surface area contributed by atoms with Gasteiger partial charge in [-0.25, -0.2) is 4.63 Å². The van der Waals surface area contributed by atoms with Crippen LogP contribution in [0.25, 0.3) is 11.0 Å². The number of nitrogen functional groups attached to an aromatic ring is 1. The molecule has 0 aliphatic carbocycles. The predicted octanol–water partition coefficient (Wildman–Crippen LogP) is 1.67. The van der Waals surface area contributed by atoms with Gasteiger partial charge in [0.2, 0.25) is 0 Å². The highest BCUT2D eigenvalue weighted by Crippen LogP contribution is 2.27. The summed E-state index contributed by atoms with van der Waals surface area (Å²) in [6, 6.07) is 3.58. The monoisotopic (exact) mass is 262 g/mol. The third kappa shape index (κ3) is 2.63. The first-order valence-electron chi connectivity index (χ1n) is 6.70. The maximum Gasteiger partial charge on any atom is 0.179 e. The predicted molar refractivity (Wildman–Crippen MR) is 72.0 cm³/mol. The summed E-state index contributed by atoms with van der Waals surface area (Å²) in [5, 5.41) is 7.62. The second kappa shape index (κ2) is 5.44. The van der Waals surface area contributed by atoms with Gasteiger partial charge in [-0.3, -0.25) is 4.90 Å². The fourth-order valence-corrected chi connectivity index (χ4v) is 2.45. The Morgan fingerprint density at radius 1 is 1.16 bits per heavy atom. The Kier molecular flexibility index (Phi) is 3.50. The van der Waals surface area contributed by atoms with Crippen LogP contribution < -0.4 is 10.5 Å². The Labute approximate surface area is 111 Å². The molecule has 102 valence electrons. The SMILES string of the molecule is Nc1ccc(OCCN2CCCCC2)c2nonc12. The van der Waals surface area contributed by atoms with Crippen LogP contribution in [-0.4, -0.2) is 41.5 Å². The molecule has 3 rings (SSSR count). The number of piperidine rings is 1. The first-order valence-corrected chi connectivity index (χ1v) is 6.70. The number of likely N-dealkylation sites (tertiary alicyclic amines) is 1. The van der Waals surface area contributed by atoms with Gasteiger partial charge in [0.1, 0.15) is 6.61 Å². The van der Waals surface area contributed by atoms with E-state index < -0.39 is 0 Å². The van der Waals surface area contributed by atoms with Crippen LogP contribution in [0.5, 0.6) is 5.75 Å². The molecule has 1 aliphatic rings. The second-order valence-electron chi connectivity index (χ2n) is 4.87. The average molecular weight is 262 g/mol. The Hall–Kier alpha value is -1.82. The van der Waals surface area contributed by atoms with Crippen LogP contribution in [-0.2, 0) is 0 Å². The molecule has 0 unspecified atom stereocenters. The van der Waals surface area contributed by atoms with Crippen molar-refractivity contribution >= 4 is 16.7 Å². The largest absolute Gasteiger partial charge is 0.490 e. The summed E-state index contributed by atoms with van der Waals surface area (Å²) >= 11 is 0. The molecule has 0 radical (unpaired) electrons. The first-order chi connectivity index (χ1) is 9.34. The second-order valence-corrected chi connectivity index (χ2v) is 4.87. The zero-order valence-corrected chi connectivity index (χ0v) is 10.8. The normalized spacial score (nSPS) is 16.8. The molecule has 1 aromatic heterocycles. The van der Waals surface area contributed by atoms with Crippen molar-refractivity contribution in [1.82, 2.24) is 15.2 Å². The van der Waals surface area contributed by atoms with Crippen LogP contribution in [0.15, 0.2) is 16.8 Å². The van der Waals surface area contributed by atoms with E-state index in [0.717, 1.165) is 6.54 Å². The number of rotatable bonds is 4. The summed E-state index contributed by atoms with van der Waals surface area (Å²) in [6.45, 7) is 3.93. The van der Waals surface area contributed by atoms with Gasteiger partial charge in [0, 0.05) is 6.54 Å². The van der Waals surface area contributed by atoms with E-state index in [1.54, 1.807) is 6.07 Å². The summed E-state index contributed by atoms with van der Waals surface area (Å²) in [6.07, 6.45) is 3.93. The lowest BCUT2D eigenvalue weighted by Crippen LogP contribution is -2.33. The topological polar surface area (TPSA) is 77.4 Å². The molecule has 6 heteroatoms. The van der Waals surface area contributed by atoms with Crippen molar-refractivity contribution in [2.75, 3.05) is 32.0 Å². The molecule has 1 saturated heterocycles. The van der Waals surface area contributed by atoms with E-state index in [2.05, 4.69) is 15.2 Å². The Balaban J connectivity index is 1.62. The smallest absolute Gasteiger partial charge is 0.179 e. The standard InChI is InChI=1S/C13H18N4O2/c14-10-4-5-11(13-12(10)15-19-16-13)18-9-8-17-6-2-1-3-7-17/h4-5H,1-3,6-9,14H2. The third-order valence-corrected chi connectivity index (χ3v) is 3.52. The molecule has 1 aliphatic heterocycles. The fraction of sp³-hybridized carbons (Fsp3) is 0.538. The van der Waals surface area contributed by atoms with Gasteiger partial charge in [-0.1, -0.05) is 6.42 Å². The maximum atomic E-state index is 5.79. The molecule has 1 fully saturated rings. The summed E-state index contributed by atoms with van der Waals surface area (Å²) in [4.78, 5) is 2.43. The number of nitrogens with zero attached hydrogens (tertiary/aromatic N) is 3. The minimum Gasteiger partial charge on any atom is -0.490 e. The maximum absolute atomic E-state index is 5.79. The van der Waals surface area contributed by atoms with E-state index in [-0.39, 0.29) is 0 Å². The van der Waals surface area contributed by atoms with Crippen molar-refractivity contribution in [3.8, 4) is 5.75 Å². The highest BCUT2D eigenvalue weighted by Gasteiger charge is 2.13. The molecule has 0 saturated carbocycles. The fourth-order valence-electron chi connectivity index (χ4n) is 2.45. The van der Waals surface area contributed by atoms with Crippen molar-refractivity contribution < 1.29 is 9.37 Å². The number of fused-ring (bicyclic) bond motifs is 1. The van der Waals surface area contributed by atoms with Gasteiger partial charge in [-0.05, 0) is 48.4 Å². The lowest BCUT2D eigenvalue weighted by molar-refractivity contribution is 0.184. The van der Waals surface area contributed by atoms with Crippen LogP contribution in [0, 0.1) is 0 Å². The van der Waals surface area contributed by atoms with E-state index in [4.69, 9.17) is 15.1 Å². The van der Waals surface area contributed by atoms with E-state index in [1.807, 2.05) is 6.07 Å². The van der Waals surface area contributed by atoms with E-state index in [0.29, 0.717) is 29.1 Å². The van der Waals surface area contributed by atoms with Gasteiger partial charge in [0.05, 0.1) is 5.69 Å². The zero-order chi connectivity index (χ0) is 13.1. The van der Waals surface area contributed by atoms with Crippen molar-refractivity contribution in [2.24, 2.45) is 0 Å². The molecular weight excluding hydrogens is 244 g/mol. The molecule has 0 atom stereocenters. The highest BCUT2D eigenvalue weighted by atomic mass is 16.6. The summed E-state index contributed by atoms with van der Waals surface area (Å²) in [5.41, 5.74) is 7.51. The highest BCUT2D eigenvalue weighted by molar-refractivity contribution is 5.90. The minimum absolute atomic E-state index is 0.555. The number of hydrogen-bond acceptors (Lipinski definition) is 6. The zero-order valence-electron chi connectivity index (χ0n) is 10.8. The molecule has 1 aromatic carbocycles. The number of ether oxygens (including phenoxy) is 1. The number of hydrogen-bond donors (Lipinski definition) is 1. The molecule has 2 N–H and O–H groups in total. The lowest BCUT2D eigenvalue weighted by atomic mass is 10.1. The van der Waals surface area contributed by atoms with Gasteiger partial charge in [0.15, 0.2) is 16.8 Å². The van der Waals surface area contributed by atoms with Crippen molar-refractivity contribution in [3.05, 3.63) is 12.1 Å². The van der Waals surface area contributed by atoms with Gasteiger partial charge >= 0.3 is 0 Å². The van der Waals surface area contributed by atoms with Crippen LogP contribution in [0.2, 0.25) is 0 Å². The first kappa shape index (κ1) is 12.2. The lowest BCUT2D eigenvalue weighted by Gasteiger charge is -2.26.